The van der Waals surface area contributed by atoms with Gasteiger partial charge in [-0.15, -0.1) is 0 Å². The minimum absolute atomic E-state index is 0.00895. The summed E-state index contributed by atoms with van der Waals surface area (Å²) in [6, 6.07) is 15.5. The van der Waals surface area contributed by atoms with Crippen LogP contribution in [0.1, 0.15) is 60.0 Å². The summed E-state index contributed by atoms with van der Waals surface area (Å²) >= 11 is 0. The highest BCUT2D eigenvalue weighted by molar-refractivity contribution is 6.08. The van der Waals surface area contributed by atoms with Crippen molar-refractivity contribution in [3.63, 3.8) is 0 Å². The van der Waals surface area contributed by atoms with Crippen molar-refractivity contribution in [3.8, 4) is 0 Å². The minimum Gasteiger partial charge on any atom is -0.455 e. The van der Waals surface area contributed by atoms with E-state index in [1.807, 2.05) is 36.4 Å². The number of furan rings is 1. The Morgan fingerprint density at radius 1 is 1.00 bits per heavy atom. The van der Waals surface area contributed by atoms with Crippen molar-refractivity contribution in [1.29, 1.82) is 0 Å². The molecular weight excluding hydrogens is 468 g/mol. The first-order valence-electron chi connectivity index (χ1n) is 13.2. The monoisotopic (exact) mass is 502 g/mol. The highest BCUT2D eigenvalue weighted by atomic mass is 16.5. The van der Waals surface area contributed by atoms with E-state index in [-0.39, 0.29) is 23.7 Å². The van der Waals surface area contributed by atoms with Gasteiger partial charge in [0.2, 0.25) is 5.91 Å². The summed E-state index contributed by atoms with van der Waals surface area (Å²) in [6.45, 7) is 3.86. The van der Waals surface area contributed by atoms with Crippen molar-refractivity contribution in [2.45, 2.75) is 50.8 Å². The molecule has 2 unspecified atom stereocenters. The number of anilines is 1. The van der Waals surface area contributed by atoms with E-state index in [9.17, 15) is 9.59 Å². The molecule has 194 valence electrons. The summed E-state index contributed by atoms with van der Waals surface area (Å²) < 4.78 is 11.8. The van der Waals surface area contributed by atoms with Crippen LogP contribution in [0.25, 0.3) is 0 Å². The zero-order chi connectivity index (χ0) is 25.5. The van der Waals surface area contributed by atoms with E-state index in [1.165, 1.54) is 24.2 Å². The number of rotatable bonds is 9. The molecule has 2 fully saturated rings. The maximum absolute atomic E-state index is 14.0. The number of nitrogens with one attached hydrogen (secondary N) is 1. The van der Waals surface area contributed by atoms with Gasteiger partial charge in [0.1, 0.15) is 11.8 Å². The zero-order valence-corrected chi connectivity index (χ0v) is 21.1. The van der Waals surface area contributed by atoms with Crippen molar-refractivity contribution in [2.75, 3.05) is 31.1 Å². The van der Waals surface area contributed by atoms with Crippen LogP contribution in [0.3, 0.4) is 0 Å². The Morgan fingerprint density at radius 3 is 2.51 bits per heavy atom. The number of amides is 2. The fraction of sp³-hybridized carbons (Fsp3) is 0.414. The molecule has 8 heteroatoms. The van der Waals surface area contributed by atoms with Gasteiger partial charge in [-0.1, -0.05) is 24.6 Å². The maximum Gasteiger partial charge on any atom is 0.294 e. The number of hydrogen-bond acceptors (Lipinski definition) is 6. The Kier molecular flexibility index (Phi) is 8.28. The molecule has 1 aromatic carbocycles. The van der Waals surface area contributed by atoms with Crippen molar-refractivity contribution >= 4 is 17.5 Å². The second-order valence-electron chi connectivity index (χ2n) is 9.68. The van der Waals surface area contributed by atoms with Crippen LogP contribution in [0.5, 0.6) is 0 Å². The molecule has 1 N–H and O–H groups in total. The Morgan fingerprint density at radius 2 is 1.78 bits per heavy atom. The third kappa shape index (κ3) is 6.26. The lowest BCUT2D eigenvalue weighted by Gasteiger charge is -2.31. The summed E-state index contributed by atoms with van der Waals surface area (Å²) in [4.78, 5) is 35.7. The van der Waals surface area contributed by atoms with Crippen LogP contribution in [-0.2, 0) is 16.1 Å². The van der Waals surface area contributed by atoms with Crippen LogP contribution < -0.4 is 10.2 Å². The van der Waals surface area contributed by atoms with E-state index < -0.39 is 6.04 Å². The lowest BCUT2D eigenvalue weighted by atomic mass is 10.0. The van der Waals surface area contributed by atoms with Crippen molar-refractivity contribution in [3.05, 3.63) is 84.1 Å². The van der Waals surface area contributed by atoms with Crippen LogP contribution in [0, 0.1) is 0 Å². The first kappa shape index (κ1) is 25.2. The molecule has 0 radical (unpaired) electrons. The van der Waals surface area contributed by atoms with Gasteiger partial charge in [-0.2, -0.15) is 0 Å². The average molecular weight is 503 g/mol. The first-order chi connectivity index (χ1) is 18.2. The summed E-state index contributed by atoms with van der Waals surface area (Å²) in [5, 5.41) is 3.02. The molecule has 5 rings (SSSR count). The van der Waals surface area contributed by atoms with E-state index in [4.69, 9.17) is 9.15 Å². The molecule has 2 aliphatic heterocycles. The van der Waals surface area contributed by atoms with Gasteiger partial charge >= 0.3 is 0 Å². The van der Waals surface area contributed by atoms with Gasteiger partial charge < -0.3 is 14.5 Å². The highest BCUT2D eigenvalue weighted by Gasteiger charge is 2.35. The predicted molar refractivity (Wildman–Crippen MR) is 140 cm³/mol. The Hall–Kier alpha value is -3.49. The SMILES string of the molecule is O=C(NCC1CCCO1)C(c1ccncc1)N(C(=O)c1ccc(CN2CCCCC2)o1)c1ccccc1. The second-order valence-corrected chi connectivity index (χ2v) is 9.68. The van der Waals surface area contributed by atoms with Gasteiger partial charge in [-0.3, -0.25) is 24.4 Å². The molecular formula is C29H34N4O4. The summed E-state index contributed by atoms with van der Waals surface area (Å²) in [5.41, 5.74) is 1.27. The number of carbonyl (C=O) groups is 2. The Bertz CT molecular complexity index is 1150. The lowest BCUT2D eigenvalue weighted by Crippen LogP contribution is -2.45. The molecule has 0 saturated carbocycles. The van der Waals surface area contributed by atoms with E-state index in [0.717, 1.165) is 31.7 Å². The van der Waals surface area contributed by atoms with Gasteiger partial charge in [0.25, 0.3) is 5.91 Å². The lowest BCUT2D eigenvalue weighted by molar-refractivity contribution is -0.123. The van der Waals surface area contributed by atoms with Crippen molar-refractivity contribution < 1.29 is 18.7 Å². The first-order valence-corrected chi connectivity index (χ1v) is 13.2. The standard InChI is InChI=1S/C29H34N4O4/c34-28(31-20-24-10-7-19-36-24)27(22-13-15-30-16-14-22)33(23-8-3-1-4-9-23)29(35)26-12-11-25(37-26)21-32-17-5-2-6-18-32/h1,3-4,8-9,11-16,24,27H,2,5-7,10,17-21H2,(H,31,34). The maximum atomic E-state index is 14.0. The normalized spacial score (nSPS) is 18.9. The predicted octanol–water partition coefficient (Wildman–Crippen LogP) is 4.34. The third-order valence-electron chi connectivity index (χ3n) is 7.01. The summed E-state index contributed by atoms with van der Waals surface area (Å²) in [5.74, 6) is 0.313. The molecule has 2 amide bonds. The molecule has 2 saturated heterocycles. The third-order valence-corrected chi connectivity index (χ3v) is 7.01. The van der Waals surface area contributed by atoms with Gasteiger partial charge in [0.05, 0.1) is 12.6 Å². The van der Waals surface area contributed by atoms with Gasteiger partial charge in [0.15, 0.2) is 5.76 Å². The zero-order valence-electron chi connectivity index (χ0n) is 21.1. The molecule has 0 aliphatic carbocycles. The van der Waals surface area contributed by atoms with Crippen LogP contribution >= 0.6 is 0 Å². The van der Waals surface area contributed by atoms with Crippen LogP contribution in [0.15, 0.2) is 71.4 Å². The fourth-order valence-corrected chi connectivity index (χ4v) is 5.09. The van der Waals surface area contributed by atoms with Crippen molar-refractivity contribution in [1.82, 2.24) is 15.2 Å². The number of likely N-dealkylation sites (tertiary alicyclic amines) is 1. The smallest absolute Gasteiger partial charge is 0.294 e. The molecule has 2 aromatic heterocycles. The number of pyridine rings is 1. The number of benzene rings is 1. The van der Waals surface area contributed by atoms with E-state index >= 15 is 0 Å². The molecule has 37 heavy (non-hydrogen) atoms. The van der Waals surface area contributed by atoms with Crippen LogP contribution in [-0.4, -0.2) is 54.0 Å². The van der Waals surface area contributed by atoms with E-state index in [0.29, 0.717) is 30.9 Å². The molecule has 4 heterocycles. The Balaban J connectivity index is 1.44. The number of carbonyl (C=O) groups excluding carboxylic acids is 2. The molecule has 0 bridgehead atoms. The quantitative estimate of drug-likeness (QED) is 0.468. The molecule has 2 aliphatic rings. The van der Waals surface area contributed by atoms with Gasteiger partial charge in [0, 0.05) is 31.2 Å². The minimum atomic E-state index is -0.907. The Labute approximate surface area is 217 Å². The second kappa shape index (κ2) is 12.2. The fourth-order valence-electron chi connectivity index (χ4n) is 5.09. The molecule has 0 spiro atoms. The van der Waals surface area contributed by atoms with E-state index in [2.05, 4.69) is 15.2 Å². The number of para-hydroxylation sites is 1. The van der Waals surface area contributed by atoms with Crippen molar-refractivity contribution in [2.24, 2.45) is 0 Å². The molecule has 3 aromatic rings. The highest BCUT2D eigenvalue weighted by Crippen LogP contribution is 2.30. The van der Waals surface area contributed by atoms with Gasteiger partial charge in [-0.25, -0.2) is 0 Å². The number of nitrogens with zero attached hydrogens (tertiary/aromatic N) is 3. The van der Waals surface area contributed by atoms with Gasteiger partial charge in [-0.05, 0) is 80.7 Å². The molecule has 2 atom stereocenters. The topological polar surface area (TPSA) is 87.9 Å². The average Bonchev–Trinajstić information content (AvgIpc) is 3.64. The largest absolute Gasteiger partial charge is 0.455 e. The number of piperidine rings is 1. The summed E-state index contributed by atoms with van der Waals surface area (Å²) in [7, 11) is 0. The number of ether oxygens (including phenoxy) is 1. The number of hydrogen-bond donors (Lipinski definition) is 1. The van der Waals surface area contributed by atoms with Crippen LogP contribution in [0.4, 0.5) is 5.69 Å². The van der Waals surface area contributed by atoms with Crippen LogP contribution in [0.2, 0.25) is 0 Å². The molecule has 8 nitrogen and oxygen atoms in total. The summed E-state index contributed by atoms with van der Waals surface area (Å²) in [6.07, 6.45) is 8.78. The number of aromatic nitrogens is 1. The van der Waals surface area contributed by atoms with E-state index in [1.54, 1.807) is 30.6 Å².